The van der Waals surface area contributed by atoms with Gasteiger partial charge in [0.15, 0.2) is 0 Å². The fourth-order valence-corrected chi connectivity index (χ4v) is 2.01. The topological polar surface area (TPSA) is 83.3 Å². The Morgan fingerprint density at radius 2 is 2.22 bits per heavy atom. The molecule has 2 rings (SSSR count). The maximum absolute atomic E-state index is 11.7. The summed E-state index contributed by atoms with van der Waals surface area (Å²) in [7, 11) is 0. The number of carbonyl (C=O) groups excluding carboxylic acids is 1. The molecule has 0 bridgehead atoms. The Morgan fingerprint density at radius 3 is 2.94 bits per heavy atom. The molecule has 0 radical (unpaired) electrons. The van der Waals surface area contributed by atoms with Crippen LogP contribution in [0.25, 0.3) is 0 Å². The number of nitrogens with zero attached hydrogens (tertiary/aromatic N) is 4. The molecule has 1 aromatic heterocycles. The summed E-state index contributed by atoms with van der Waals surface area (Å²) in [5, 5.41) is 19.6. The summed E-state index contributed by atoms with van der Waals surface area (Å²) in [6.45, 7) is 3.11. The first kappa shape index (κ1) is 13.0. The minimum atomic E-state index is 0.0453. The molecule has 7 heteroatoms. The summed E-state index contributed by atoms with van der Waals surface area (Å²) in [5.41, 5.74) is 0.776. The first-order valence-corrected chi connectivity index (χ1v) is 6.28. The van der Waals surface area contributed by atoms with Crippen LogP contribution in [0.5, 0.6) is 0 Å². The van der Waals surface area contributed by atoms with Crippen LogP contribution >= 0.6 is 0 Å². The third-order valence-electron chi connectivity index (χ3n) is 2.96. The molecule has 0 unspecified atom stereocenters. The number of aliphatic hydroxyl groups excluding tert-OH is 1. The highest BCUT2D eigenvalue weighted by atomic mass is 16.3. The minimum absolute atomic E-state index is 0.0453. The van der Waals surface area contributed by atoms with Gasteiger partial charge in [-0.3, -0.25) is 4.79 Å². The van der Waals surface area contributed by atoms with Crippen molar-refractivity contribution in [1.29, 1.82) is 0 Å². The predicted octanol–water partition coefficient (Wildman–Crippen LogP) is -1.02. The van der Waals surface area contributed by atoms with Gasteiger partial charge in [0.05, 0.1) is 25.4 Å². The van der Waals surface area contributed by atoms with Gasteiger partial charge in [-0.15, -0.1) is 5.10 Å². The van der Waals surface area contributed by atoms with Crippen LogP contribution in [0.2, 0.25) is 0 Å². The molecule has 7 nitrogen and oxygen atoms in total. The van der Waals surface area contributed by atoms with Gasteiger partial charge in [-0.1, -0.05) is 5.21 Å². The monoisotopic (exact) mass is 253 g/mol. The number of rotatable bonds is 6. The SMILES string of the molecule is O=C(CNCc1cn(CCO)nn1)N1CCCC1. The van der Waals surface area contributed by atoms with Gasteiger partial charge in [0, 0.05) is 25.8 Å². The lowest BCUT2D eigenvalue weighted by atomic mass is 10.4. The van der Waals surface area contributed by atoms with Crippen molar-refractivity contribution in [2.75, 3.05) is 26.2 Å². The van der Waals surface area contributed by atoms with Gasteiger partial charge >= 0.3 is 0 Å². The standard InChI is InChI=1S/C11H19N5O2/c17-6-5-16-9-10(13-14-16)7-12-8-11(18)15-3-1-2-4-15/h9,12,17H,1-8H2. The number of hydrogen-bond acceptors (Lipinski definition) is 5. The molecule has 0 saturated carbocycles. The van der Waals surface area contributed by atoms with E-state index in [-0.39, 0.29) is 12.5 Å². The molecule has 1 aliphatic heterocycles. The van der Waals surface area contributed by atoms with Crippen molar-refractivity contribution in [2.24, 2.45) is 0 Å². The molecular weight excluding hydrogens is 234 g/mol. The molecule has 2 N–H and O–H groups in total. The van der Waals surface area contributed by atoms with Gasteiger partial charge in [0.1, 0.15) is 0 Å². The van der Waals surface area contributed by atoms with Gasteiger partial charge < -0.3 is 15.3 Å². The van der Waals surface area contributed by atoms with E-state index in [9.17, 15) is 4.79 Å². The van der Waals surface area contributed by atoms with Crippen molar-refractivity contribution in [1.82, 2.24) is 25.2 Å². The molecule has 1 aliphatic rings. The van der Waals surface area contributed by atoms with Crippen molar-refractivity contribution in [2.45, 2.75) is 25.9 Å². The van der Waals surface area contributed by atoms with E-state index in [1.165, 1.54) is 0 Å². The van der Waals surface area contributed by atoms with Crippen LogP contribution < -0.4 is 5.32 Å². The maximum Gasteiger partial charge on any atom is 0.236 e. The van der Waals surface area contributed by atoms with Crippen molar-refractivity contribution < 1.29 is 9.90 Å². The first-order valence-electron chi connectivity index (χ1n) is 6.28. The van der Waals surface area contributed by atoms with Crippen LogP contribution in [0.15, 0.2) is 6.20 Å². The molecule has 1 aromatic rings. The third-order valence-corrected chi connectivity index (χ3v) is 2.96. The molecule has 0 spiro atoms. The zero-order chi connectivity index (χ0) is 12.8. The lowest BCUT2D eigenvalue weighted by molar-refractivity contribution is -0.129. The summed E-state index contributed by atoms with van der Waals surface area (Å²) in [6, 6.07) is 0. The molecule has 2 heterocycles. The first-order chi connectivity index (χ1) is 8.79. The summed E-state index contributed by atoms with van der Waals surface area (Å²) in [4.78, 5) is 13.6. The molecule has 18 heavy (non-hydrogen) atoms. The molecule has 100 valence electrons. The summed E-state index contributed by atoms with van der Waals surface area (Å²) in [6.07, 6.45) is 3.99. The smallest absolute Gasteiger partial charge is 0.236 e. The second kappa shape index (κ2) is 6.46. The van der Waals surface area contributed by atoms with Crippen molar-refractivity contribution in [3.8, 4) is 0 Å². The van der Waals surface area contributed by atoms with E-state index in [2.05, 4.69) is 15.6 Å². The van der Waals surface area contributed by atoms with Crippen molar-refractivity contribution in [3.05, 3.63) is 11.9 Å². The Labute approximate surface area is 106 Å². The van der Waals surface area contributed by atoms with Gasteiger partial charge in [0.25, 0.3) is 0 Å². The van der Waals surface area contributed by atoms with Crippen molar-refractivity contribution >= 4 is 5.91 Å². The zero-order valence-corrected chi connectivity index (χ0v) is 10.4. The van der Waals surface area contributed by atoms with Crippen LogP contribution in [0.3, 0.4) is 0 Å². The largest absolute Gasteiger partial charge is 0.394 e. The van der Waals surface area contributed by atoms with E-state index in [1.807, 2.05) is 4.90 Å². The van der Waals surface area contributed by atoms with E-state index in [0.29, 0.717) is 19.6 Å². The van der Waals surface area contributed by atoms with E-state index < -0.39 is 0 Å². The number of aromatic nitrogens is 3. The number of nitrogens with one attached hydrogen (secondary N) is 1. The molecular formula is C11H19N5O2. The molecule has 0 aliphatic carbocycles. The highest BCUT2D eigenvalue weighted by Gasteiger charge is 2.17. The van der Waals surface area contributed by atoms with E-state index in [4.69, 9.17) is 5.11 Å². The summed E-state index contributed by atoms with van der Waals surface area (Å²) < 4.78 is 1.58. The molecule has 0 aromatic carbocycles. The van der Waals surface area contributed by atoms with Gasteiger partial charge in [-0.2, -0.15) is 0 Å². The molecule has 0 atom stereocenters. The second-order valence-corrected chi connectivity index (χ2v) is 4.39. The van der Waals surface area contributed by atoms with Crippen LogP contribution in [0.4, 0.5) is 0 Å². The average Bonchev–Trinajstić information content (AvgIpc) is 3.00. The Hall–Kier alpha value is -1.47. The molecule has 1 fully saturated rings. The van der Waals surface area contributed by atoms with Crippen LogP contribution in [0, 0.1) is 0 Å². The van der Waals surface area contributed by atoms with Gasteiger partial charge in [0.2, 0.25) is 5.91 Å². The summed E-state index contributed by atoms with van der Waals surface area (Å²) >= 11 is 0. The number of amides is 1. The van der Waals surface area contributed by atoms with Gasteiger partial charge in [-0.05, 0) is 12.8 Å². The average molecular weight is 253 g/mol. The lowest BCUT2D eigenvalue weighted by Gasteiger charge is -2.14. The normalized spacial score (nSPS) is 15.3. The van der Waals surface area contributed by atoms with E-state index in [0.717, 1.165) is 31.6 Å². The number of hydrogen-bond donors (Lipinski definition) is 2. The summed E-state index contributed by atoms with van der Waals surface area (Å²) in [5.74, 6) is 0.148. The van der Waals surface area contributed by atoms with Crippen LogP contribution in [0.1, 0.15) is 18.5 Å². The number of likely N-dealkylation sites (tertiary alicyclic amines) is 1. The predicted molar refractivity (Wildman–Crippen MR) is 64.6 cm³/mol. The zero-order valence-electron chi connectivity index (χ0n) is 10.4. The quantitative estimate of drug-likeness (QED) is 0.678. The number of carbonyl (C=O) groups is 1. The van der Waals surface area contributed by atoms with Crippen LogP contribution in [-0.2, 0) is 17.9 Å². The Bertz CT molecular complexity index is 387. The number of aliphatic hydroxyl groups is 1. The Balaban J connectivity index is 1.69. The van der Waals surface area contributed by atoms with E-state index in [1.54, 1.807) is 10.9 Å². The van der Waals surface area contributed by atoms with Crippen molar-refractivity contribution in [3.63, 3.8) is 0 Å². The van der Waals surface area contributed by atoms with Gasteiger partial charge in [-0.25, -0.2) is 4.68 Å². The lowest BCUT2D eigenvalue weighted by Crippen LogP contribution is -2.36. The fraction of sp³-hybridized carbons (Fsp3) is 0.727. The van der Waals surface area contributed by atoms with Crippen LogP contribution in [-0.4, -0.2) is 57.1 Å². The molecule has 1 saturated heterocycles. The third kappa shape index (κ3) is 3.51. The second-order valence-electron chi connectivity index (χ2n) is 4.39. The molecule has 1 amide bonds. The Kier molecular flexibility index (Phi) is 4.66. The van der Waals surface area contributed by atoms with E-state index >= 15 is 0 Å². The maximum atomic E-state index is 11.7. The fourth-order valence-electron chi connectivity index (χ4n) is 2.01. The highest BCUT2D eigenvalue weighted by Crippen LogP contribution is 2.06. The minimum Gasteiger partial charge on any atom is -0.394 e. The highest BCUT2D eigenvalue weighted by molar-refractivity contribution is 5.78. The Morgan fingerprint density at radius 1 is 1.44 bits per heavy atom.